The van der Waals surface area contributed by atoms with Crippen molar-refractivity contribution in [2.45, 2.75) is 52.2 Å². The molecule has 1 aliphatic heterocycles. The van der Waals surface area contributed by atoms with Gasteiger partial charge in [0.2, 0.25) is 0 Å². The lowest BCUT2D eigenvalue weighted by molar-refractivity contribution is 0.0688. The van der Waals surface area contributed by atoms with Crippen molar-refractivity contribution in [1.82, 2.24) is 28.9 Å². The molecule has 2 amide bonds. The number of hydrogen-bond acceptors (Lipinski definition) is 5. The van der Waals surface area contributed by atoms with Crippen molar-refractivity contribution in [3.8, 4) is 0 Å². The molecule has 0 bridgehead atoms. The highest BCUT2D eigenvalue weighted by Crippen LogP contribution is 2.26. The number of likely N-dealkylation sites (tertiary alicyclic amines) is 1. The van der Waals surface area contributed by atoms with Crippen LogP contribution in [0.3, 0.4) is 0 Å². The maximum absolute atomic E-state index is 13.4. The van der Waals surface area contributed by atoms with Gasteiger partial charge in [-0.2, -0.15) is 0 Å². The molecule has 10 heteroatoms. The third-order valence-electron chi connectivity index (χ3n) is 8.25. The second-order valence-corrected chi connectivity index (χ2v) is 12.1. The largest absolute Gasteiger partial charge is 0.343 e. The number of H-pyrrole nitrogens is 1. The van der Waals surface area contributed by atoms with E-state index in [0.29, 0.717) is 51.3 Å². The van der Waals surface area contributed by atoms with Gasteiger partial charge in [-0.25, -0.2) is 9.78 Å². The first kappa shape index (κ1) is 28.7. The van der Waals surface area contributed by atoms with E-state index in [1.165, 1.54) is 11.3 Å². The van der Waals surface area contributed by atoms with Crippen molar-refractivity contribution < 1.29 is 9.59 Å². The number of rotatable bonds is 9. The summed E-state index contributed by atoms with van der Waals surface area (Å²) < 4.78 is 3.94. The van der Waals surface area contributed by atoms with Crippen molar-refractivity contribution in [1.29, 1.82) is 0 Å². The van der Waals surface area contributed by atoms with Gasteiger partial charge in [0.1, 0.15) is 10.7 Å². The fourth-order valence-electron chi connectivity index (χ4n) is 6.00. The standard InChI is InChI=1S/C33H36N6O3S/c1-3-16-38(31(40)26-11-5-4-9-23(26)2)20-25-10-8-17-37(25)21-30-34-28(22-43-30)32(41)36-18-14-24(15-19-36)39-29-13-7-6-12-27(29)35-33(39)42/h4-13,17,22,24H,3,14-16,18-21H2,1-2H3,(H,35,42). The number of carbonyl (C=O) groups excluding carboxylic acids is 2. The molecule has 0 saturated carbocycles. The summed E-state index contributed by atoms with van der Waals surface area (Å²) in [6.45, 7) is 6.90. The minimum Gasteiger partial charge on any atom is -0.343 e. The van der Waals surface area contributed by atoms with Crippen LogP contribution in [0.15, 0.2) is 77.0 Å². The van der Waals surface area contributed by atoms with E-state index in [9.17, 15) is 14.4 Å². The number of nitrogens with one attached hydrogen (secondary N) is 1. The molecule has 0 spiro atoms. The third kappa shape index (κ3) is 5.92. The summed E-state index contributed by atoms with van der Waals surface area (Å²) in [4.78, 5) is 50.8. The van der Waals surface area contributed by atoms with Gasteiger partial charge in [0, 0.05) is 48.5 Å². The number of fused-ring (bicyclic) bond motifs is 1. The number of aromatic nitrogens is 4. The van der Waals surface area contributed by atoms with Crippen LogP contribution in [0, 0.1) is 6.92 Å². The van der Waals surface area contributed by atoms with Crippen LogP contribution in [-0.2, 0) is 13.1 Å². The molecule has 4 heterocycles. The maximum atomic E-state index is 13.4. The lowest BCUT2D eigenvalue weighted by atomic mass is 10.0. The fourth-order valence-corrected chi connectivity index (χ4v) is 6.77. The van der Waals surface area contributed by atoms with E-state index in [1.807, 2.05) is 93.5 Å². The molecule has 5 aromatic rings. The molecule has 2 aromatic carbocycles. The van der Waals surface area contributed by atoms with E-state index in [0.717, 1.165) is 39.3 Å². The minimum atomic E-state index is -0.100. The van der Waals surface area contributed by atoms with Crippen molar-refractivity contribution >= 4 is 34.2 Å². The number of para-hydroxylation sites is 2. The molecule has 1 N–H and O–H groups in total. The molecule has 9 nitrogen and oxygen atoms in total. The highest BCUT2D eigenvalue weighted by Gasteiger charge is 2.28. The molecule has 0 unspecified atom stereocenters. The molecular formula is C33H36N6O3S. The summed E-state index contributed by atoms with van der Waals surface area (Å²) >= 11 is 1.48. The number of aromatic amines is 1. The molecule has 43 heavy (non-hydrogen) atoms. The normalized spacial score (nSPS) is 14.0. The van der Waals surface area contributed by atoms with Crippen molar-refractivity contribution in [2.24, 2.45) is 0 Å². The Bertz CT molecular complexity index is 1810. The lowest BCUT2D eigenvalue weighted by Crippen LogP contribution is -2.40. The number of benzene rings is 2. The Hall–Kier alpha value is -4.44. The maximum Gasteiger partial charge on any atom is 0.326 e. The first-order chi connectivity index (χ1) is 20.9. The zero-order valence-electron chi connectivity index (χ0n) is 24.5. The number of thiazole rings is 1. The number of amides is 2. The van der Waals surface area contributed by atoms with Gasteiger partial charge in [-0.1, -0.05) is 37.3 Å². The molecule has 0 aliphatic carbocycles. The van der Waals surface area contributed by atoms with Gasteiger partial charge in [0.05, 0.1) is 24.1 Å². The fraction of sp³-hybridized carbons (Fsp3) is 0.333. The van der Waals surface area contributed by atoms with Crippen LogP contribution in [-0.4, -0.2) is 60.4 Å². The molecule has 0 atom stereocenters. The Kier molecular flexibility index (Phi) is 8.29. The zero-order chi connectivity index (χ0) is 29.9. The predicted molar refractivity (Wildman–Crippen MR) is 169 cm³/mol. The number of imidazole rings is 1. The number of piperidine rings is 1. The summed E-state index contributed by atoms with van der Waals surface area (Å²) in [6, 6.07) is 19.5. The first-order valence-corrected chi connectivity index (χ1v) is 15.7. The van der Waals surface area contributed by atoms with Crippen LogP contribution in [0.1, 0.15) is 69.3 Å². The quantitative estimate of drug-likeness (QED) is 0.244. The van der Waals surface area contributed by atoms with Gasteiger partial charge in [0.15, 0.2) is 0 Å². The summed E-state index contributed by atoms with van der Waals surface area (Å²) in [7, 11) is 0. The second kappa shape index (κ2) is 12.4. The molecule has 3 aromatic heterocycles. The van der Waals surface area contributed by atoms with Gasteiger partial charge < -0.3 is 19.4 Å². The lowest BCUT2D eigenvalue weighted by Gasteiger charge is -2.32. The molecule has 1 aliphatic rings. The van der Waals surface area contributed by atoms with E-state index in [1.54, 1.807) is 0 Å². The second-order valence-electron chi connectivity index (χ2n) is 11.1. The number of aryl methyl sites for hydroxylation is 1. The smallest absolute Gasteiger partial charge is 0.326 e. The van der Waals surface area contributed by atoms with Gasteiger partial charge in [-0.3, -0.25) is 14.2 Å². The van der Waals surface area contributed by atoms with E-state index in [2.05, 4.69) is 16.5 Å². The van der Waals surface area contributed by atoms with E-state index >= 15 is 0 Å². The summed E-state index contributed by atoms with van der Waals surface area (Å²) in [5.41, 5.74) is 4.82. The van der Waals surface area contributed by atoms with Crippen LogP contribution in [0.4, 0.5) is 0 Å². The Labute approximate surface area is 254 Å². The third-order valence-corrected chi connectivity index (χ3v) is 9.08. The molecule has 0 radical (unpaired) electrons. The van der Waals surface area contributed by atoms with Gasteiger partial charge >= 0.3 is 5.69 Å². The molecular weight excluding hydrogens is 560 g/mol. The average molecular weight is 597 g/mol. The van der Waals surface area contributed by atoms with Gasteiger partial charge in [-0.15, -0.1) is 11.3 Å². The average Bonchev–Trinajstić information content (AvgIpc) is 3.75. The first-order valence-electron chi connectivity index (χ1n) is 14.8. The summed E-state index contributed by atoms with van der Waals surface area (Å²) in [5.74, 6) is -0.0360. The Morgan fingerprint density at radius 1 is 1.05 bits per heavy atom. The molecule has 1 saturated heterocycles. The van der Waals surface area contributed by atoms with E-state index < -0.39 is 0 Å². The monoisotopic (exact) mass is 596 g/mol. The molecule has 6 rings (SSSR count). The van der Waals surface area contributed by atoms with Crippen LogP contribution >= 0.6 is 11.3 Å². The van der Waals surface area contributed by atoms with Crippen molar-refractivity contribution in [3.63, 3.8) is 0 Å². The topological polar surface area (TPSA) is 96.2 Å². The van der Waals surface area contributed by atoms with Crippen LogP contribution in [0.25, 0.3) is 11.0 Å². The van der Waals surface area contributed by atoms with Crippen LogP contribution in [0.5, 0.6) is 0 Å². The number of hydrogen-bond donors (Lipinski definition) is 1. The summed E-state index contributed by atoms with van der Waals surface area (Å²) in [5, 5.41) is 2.68. The van der Waals surface area contributed by atoms with E-state index in [4.69, 9.17) is 4.98 Å². The van der Waals surface area contributed by atoms with Gasteiger partial charge in [-0.05, 0) is 62.1 Å². The number of nitrogens with zero attached hydrogens (tertiary/aromatic N) is 5. The molecule has 222 valence electrons. The van der Waals surface area contributed by atoms with Gasteiger partial charge in [0.25, 0.3) is 11.8 Å². The van der Waals surface area contributed by atoms with E-state index in [-0.39, 0.29) is 23.5 Å². The Morgan fingerprint density at radius 2 is 1.81 bits per heavy atom. The van der Waals surface area contributed by atoms with Crippen molar-refractivity contribution in [3.05, 3.63) is 110 Å². The Morgan fingerprint density at radius 3 is 2.60 bits per heavy atom. The molecule has 1 fully saturated rings. The predicted octanol–water partition coefficient (Wildman–Crippen LogP) is 5.47. The van der Waals surface area contributed by atoms with Crippen LogP contribution < -0.4 is 5.69 Å². The Balaban J connectivity index is 1.10. The number of carbonyl (C=O) groups is 2. The summed E-state index contributed by atoms with van der Waals surface area (Å²) in [6.07, 6.45) is 4.30. The SMILES string of the molecule is CCCN(Cc1cccn1Cc1nc(C(=O)N2CCC(n3c(=O)[nH]c4ccccc43)CC2)cs1)C(=O)c1ccccc1C. The minimum absolute atomic E-state index is 0.0353. The van der Waals surface area contributed by atoms with Crippen molar-refractivity contribution in [2.75, 3.05) is 19.6 Å². The highest BCUT2D eigenvalue weighted by molar-refractivity contribution is 7.09. The van der Waals surface area contributed by atoms with Crippen LogP contribution in [0.2, 0.25) is 0 Å². The zero-order valence-corrected chi connectivity index (χ0v) is 25.3. The highest BCUT2D eigenvalue weighted by atomic mass is 32.1.